The Morgan fingerprint density at radius 3 is 2.19 bits per heavy atom. The van der Waals surface area contributed by atoms with Gasteiger partial charge in [-0.2, -0.15) is 18.4 Å². The minimum Gasteiger partial charge on any atom is -0.444 e. The number of nitriles is 1. The third-order valence-corrected chi connectivity index (χ3v) is 2.33. The van der Waals surface area contributed by atoms with Crippen LogP contribution in [0.15, 0.2) is 0 Å². The second-order valence-electron chi connectivity index (χ2n) is 5.48. The van der Waals surface area contributed by atoms with Crippen LogP contribution < -0.4 is 10.6 Å². The van der Waals surface area contributed by atoms with Gasteiger partial charge in [0.05, 0.1) is 5.92 Å². The van der Waals surface area contributed by atoms with Crippen LogP contribution in [0.5, 0.6) is 0 Å². The van der Waals surface area contributed by atoms with E-state index in [1.54, 1.807) is 26.1 Å². The normalized spacial score (nSPS) is 14.6. The first-order valence-electron chi connectivity index (χ1n) is 6.12. The van der Waals surface area contributed by atoms with Crippen LogP contribution in [0.3, 0.4) is 0 Å². The third kappa shape index (κ3) is 8.02. The van der Waals surface area contributed by atoms with Crippen LogP contribution in [0, 0.1) is 17.4 Å². The predicted octanol–water partition coefficient (Wildman–Crippen LogP) is 2.07. The molecule has 0 fully saturated rings. The summed E-state index contributed by atoms with van der Waals surface area (Å²) in [6.45, 7) is 5.57. The molecule has 9 heteroatoms. The van der Waals surface area contributed by atoms with E-state index < -0.39 is 42.2 Å². The predicted molar refractivity (Wildman–Crippen MR) is 66.7 cm³/mol. The Kier molecular flexibility index (Phi) is 6.48. The van der Waals surface area contributed by atoms with E-state index in [0.29, 0.717) is 0 Å². The van der Waals surface area contributed by atoms with E-state index in [9.17, 15) is 22.8 Å². The van der Waals surface area contributed by atoms with Crippen LogP contribution in [0.25, 0.3) is 0 Å². The number of hydrogen-bond acceptors (Lipinski definition) is 4. The SMILES string of the molecule is CC(CC(NC(=O)OC(C)(C)C)C(=O)NC#N)C(F)(F)F. The number of nitrogens with one attached hydrogen (secondary N) is 2. The second kappa shape index (κ2) is 7.15. The molecule has 2 N–H and O–H groups in total. The zero-order valence-corrected chi connectivity index (χ0v) is 12.2. The van der Waals surface area contributed by atoms with Gasteiger partial charge in [0.25, 0.3) is 5.91 Å². The summed E-state index contributed by atoms with van der Waals surface area (Å²) in [6, 6.07) is -1.52. The van der Waals surface area contributed by atoms with Gasteiger partial charge in [0.15, 0.2) is 6.19 Å². The number of hydrogen-bond donors (Lipinski definition) is 2. The van der Waals surface area contributed by atoms with E-state index in [1.807, 2.05) is 5.32 Å². The lowest BCUT2D eigenvalue weighted by Crippen LogP contribution is -2.48. The highest BCUT2D eigenvalue weighted by Gasteiger charge is 2.39. The monoisotopic (exact) mass is 309 g/mol. The number of halogens is 3. The number of rotatable bonds is 4. The maximum absolute atomic E-state index is 12.5. The summed E-state index contributed by atoms with van der Waals surface area (Å²) in [5.41, 5.74) is -0.865. The fourth-order valence-corrected chi connectivity index (χ4v) is 1.31. The lowest BCUT2D eigenvalue weighted by atomic mass is 10.0. The number of ether oxygens (including phenoxy) is 1. The maximum atomic E-state index is 12.5. The van der Waals surface area contributed by atoms with E-state index >= 15 is 0 Å². The fraction of sp³-hybridized carbons (Fsp3) is 0.750. The first-order chi connectivity index (χ1) is 9.36. The number of alkyl carbamates (subject to hydrolysis) is 1. The Labute approximate surface area is 120 Å². The van der Waals surface area contributed by atoms with Crippen molar-refractivity contribution in [2.45, 2.75) is 51.9 Å². The van der Waals surface area contributed by atoms with Crippen molar-refractivity contribution in [3.63, 3.8) is 0 Å². The van der Waals surface area contributed by atoms with Crippen LogP contribution in [0.1, 0.15) is 34.1 Å². The van der Waals surface area contributed by atoms with Gasteiger partial charge in [-0.15, -0.1) is 0 Å². The average molecular weight is 309 g/mol. The number of carbonyl (C=O) groups excluding carboxylic acids is 2. The first kappa shape index (κ1) is 19.0. The molecule has 0 aliphatic heterocycles. The highest BCUT2D eigenvalue weighted by Crippen LogP contribution is 2.29. The zero-order chi connectivity index (χ0) is 16.8. The molecule has 2 unspecified atom stereocenters. The van der Waals surface area contributed by atoms with Crippen molar-refractivity contribution in [2.75, 3.05) is 0 Å². The van der Waals surface area contributed by atoms with Gasteiger partial charge in [0.1, 0.15) is 11.6 Å². The lowest BCUT2D eigenvalue weighted by Gasteiger charge is -2.25. The molecule has 0 heterocycles. The zero-order valence-electron chi connectivity index (χ0n) is 12.2. The average Bonchev–Trinajstić information content (AvgIpc) is 2.24. The third-order valence-electron chi connectivity index (χ3n) is 2.33. The Hall–Kier alpha value is -1.98. The highest BCUT2D eigenvalue weighted by atomic mass is 19.4. The first-order valence-corrected chi connectivity index (χ1v) is 6.12. The molecule has 0 saturated carbocycles. The maximum Gasteiger partial charge on any atom is 0.408 e. The molecule has 0 spiro atoms. The molecular weight excluding hydrogens is 291 g/mol. The van der Waals surface area contributed by atoms with E-state index in [-0.39, 0.29) is 0 Å². The molecule has 6 nitrogen and oxygen atoms in total. The number of alkyl halides is 3. The Morgan fingerprint density at radius 2 is 1.81 bits per heavy atom. The Bertz CT molecular complexity index is 424. The number of nitrogens with zero attached hydrogens (tertiary/aromatic N) is 1. The molecule has 0 rings (SSSR count). The molecule has 0 aromatic rings. The van der Waals surface area contributed by atoms with Gasteiger partial charge in [-0.3, -0.25) is 10.1 Å². The van der Waals surface area contributed by atoms with Crippen molar-refractivity contribution in [1.29, 1.82) is 5.26 Å². The molecule has 2 atom stereocenters. The van der Waals surface area contributed by atoms with Crippen LogP contribution in [-0.4, -0.2) is 29.8 Å². The Morgan fingerprint density at radius 1 is 1.29 bits per heavy atom. The van der Waals surface area contributed by atoms with E-state index in [1.165, 1.54) is 6.19 Å². The van der Waals surface area contributed by atoms with E-state index in [2.05, 4.69) is 0 Å². The molecule has 0 saturated heterocycles. The van der Waals surface area contributed by atoms with Gasteiger partial charge in [0.2, 0.25) is 0 Å². The number of amides is 2. The molecule has 0 aliphatic carbocycles. The topological polar surface area (TPSA) is 91.2 Å². The summed E-state index contributed by atoms with van der Waals surface area (Å²) < 4.78 is 42.4. The van der Waals surface area contributed by atoms with Gasteiger partial charge >= 0.3 is 12.3 Å². The summed E-state index contributed by atoms with van der Waals surface area (Å²) in [5, 5.41) is 12.1. The van der Waals surface area contributed by atoms with Gasteiger partial charge in [-0.1, -0.05) is 6.92 Å². The van der Waals surface area contributed by atoms with E-state index in [0.717, 1.165) is 6.92 Å². The smallest absolute Gasteiger partial charge is 0.408 e. The fourth-order valence-electron chi connectivity index (χ4n) is 1.31. The minimum absolute atomic E-state index is 0.698. The van der Waals surface area contributed by atoms with E-state index in [4.69, 9.17) is 10.00 Å². The molecular formula is C12H18F3N3O3. The largest absolute Gasteiger partial charge is 0.444 e. The summed E-state index contributed by atoms with van der Waals surface area (Å²) in [5.74, 6) is -2.86. The molecule has 0 radical (unpaired) electrons. The molecule has 120 valence electrons. The molecule has 0 bridgehead atoms. The second-order valence-corrected chi connectivity index (χ2v) is 5.48. The van der Waals surface area contributed by atoms with Crippen LogP contribution in [0.4, 0.5) is 18.0 Å². The van der Waals surface area contributed by atoms with Crippen molar-refractivity contribution in [3.8, 4) is 6.19 Å². The van der Waals surface area contributed by atoms with Crippen molar-refractivity contribution in [2.24, 2.45) is 5.92 Å². The molecule has 0 aromatic heterocycles. The summed E-state index contributed by atoms with van der Waals surface area (Å²) >= 11 is 0. The van der Waals surface area contributed by atoms with Crippen LogP contribution in [0.2, 0.25) is 0 Å². The number of carbonyl (C=O) groups is 2. The van der Waals surface area contributed by atoms with Crippen molar-refractivity contribution in [1.82, 2.24) is 10.6 Å². The molecule has 0 aliphatic rings. The van der Waals surface area contributed by atoms with Crippen molar-refractivity contribution in [3.05, 3.63) is 0 Å². The van der Waals surface area contributed by atoms with Crippen LogP contribution in [-0.2, 0) is 9.53 Å². The minimum atomic E-state index is -4.51. The summed E-state index contributed by atoms with van der Waals surface area (Å²) in [4.78, 5) is 23.1. The molecule has 21 heavy (non-hydrogen) atoms. The Balaban J connectivity index is 4.88. The van der Waals surface area contributed by atoms with Crippen molar-refractivity contribution < 1.29 is 27.5 Å². The van der Waals surface area contributed by atoms with Gasteiger partial charge in [-0.05, 0) is 27.2 Å². The van der Waals surface area contributed by atoms with Gasteiger partial charge in [0, 0.05) is 0 Å². The molecule has 0 aromatic carbocycles. The standard InChI is InChI=1S/C12H18F3N3O3/c1-7(12(13,14)15)5-8(9(19)17-6-16)18-10(20)21-11(2,3)4/h7-8H,5H2,1-4H3,(H,17,19)(H,18,20). The highest BCUT2D eigenvalue weighted by molar-refractivity contribution is 5.86. The summed E-state index contributed by atoms with van der Waals surface area (Å²) in [7, 11) is 0. The molecule has 2 amide bonds. The quantitative estimate of drug-likeness (QED) is 0.614. The van der Waals surface area contributed by atoms with Crippen LogP contribution >= 0.6 is 0 Å². The van der Waals surface area contributed by atoms with Gasteiger partial charge < -0.3 is 10.1 Å². The van der Waals surface area contributed by atoms with Gasteiger partial charge in [-0.25, -0.2) is 4.79 Å². The lowest BCUT2D eigenvalue weighted by molar-refractivity contribution is -0.173. The summed E-state index contributed by atoms with van der Waals surface area (Å²) in [6.07, 6.45) is -4.94. The van der Waals surface area contributed by atoms with Crippen molar-refractivity contribution >= 4 is 12.0 Å².